The smallest absolute Gasteiger partial charge is 0.0320 e. The number of hydrogen-bond acceptors (Lipinski definition) is 0. The average Bonchev–Trinajstić information content (AvgIpc) is 3.05. The molecule has 0 N–H and O–H groups in total. The molecular formula is C24H46. The Morgan fingerprint density at radius 1 is 0.875 bits per heavy atom. The van der Waals surface area contributed by atoms with Crippen molar-refractivity contribution in [3.63, 3.8) is 0 Å². The molecule has 2 aliphatic carbocycles. The van der Waals surface area contributed by atoms with Crippen LogP contribution >= 0.6 is 0 Å². The Balaban J connectivity index is 2.04. The van der Waals surface area contributed by atoms with E-state index in [4.69, 9.17) is 0 Å². The van der Waals surface area contributed by atoms with Gasteiger partial charge in [-0.2, -0.15) is 0 Å². The van der Waals surface area contributed by atoms with Crippen LogP contribution in [0.25, 0.3) is 0 Å². The standard InChI is InChI=1S/C24H46/c1-8-11-12-20-15-17(4)22(21(20)10-3)16-24(6,7)23-14-13-19(9-2)18(23)5/h17-23H,8-16H2,1-7H3. The van der Waals surface area contributed by atoms with Crippen molar-refractivity contribution in [2.45, 2.75) is 106 Å². The zero-order valence-corrected chi connectivity index (χ0v) is 17.9. The highest BCUT2D eigenvalue weighted by Crippen LogP contribution is 2.55. The maximum absolute atomic E-state index is 2.62. The Bertz CT molecular complexity index is 368. The number of unbranched alkanes of at least 4 members (excludes halogenated alkanes) is 1. The molecule has 2 rings (SSSR count). The summed E-state index contributed by atoms with van der Waals surface area (Å²) in [6.45, 7) is 17.6. The van der Waals surface area contributed by atoms with E-state index in [1.54, 1.807) is 0 Å². The van der Waals surface area contributed by atoms with Gasteiger partial charge in [0, 0.05) is 0 Å². The Labute approximate surface area is 153 Å². The lowest BCUT2D eigenvalue weighted by Gasteiger charge is -2.40. The zero-order valence-electron chi connectivity index (χ0n) is 17.9. The summed E-state index contributed by atoms with van der Waals surface area (Å²) in [4.78, 5) is 0. The van der Waals surface area contributed by atoms with Crippen LogP contribution in [0.4, 0.5) is 0 Å². The Hall–Kier alpha value is 0. The summed E-state index contributed by atoms with van der Waals surface area (Å²) in [7, 11) is 0. The van der Waals surface area contributed by atoms with Gasteiger partial charge in [0.25, 0.3) is 0 Å². The van der Waals surface area contributed by atoms with E-state index in [9.17, 15) is 0 Å². The van der Waals surface area contributed by atoms with Gasteiger partial charge in [-0.3, -0.25) is 0 Å². The largest absolute Gasteiger partial charge is 0.0654 e. The van der Waals surface area contributed by atoms with Crippen molar-refractivity contribution in [1.29, 1.82) is 0 Å². The maximum atomic E-state index is 2.62. The van der Waals surface area contributed by atoms with Gasteiger partial charge < -0.3 is 0 Å². The van der Waals surface area contributed by atoms with Crippen LogP contribution in [0.3, 0.4) is 0 Å². The molecule has 0 spiro atoms. The second-order valence-electron chi connectivity index (χ2n) is 10.3. The molecule has 0 aromatic heterocycles. The topological polar surface area (TPSA) is 0 Å². The van der Waals surface area contributed by atoms with E-state index < -0.39 is 0 Å². The lowest BCUT2D eigenvalue weighted by Crippen LogP contribution is -2.32. The molecule has 0 aliphatic heterocycles. The van der Waals surface area contributed by atoms with Crippen LogP contribution in [-0.4, -0.2) is 0 Å². The van der Waals surface area contributed by atoms with Crippen molar-refractivity contribution < 1.29 is 0 Å². The van der Waals surface area contributed by atoms with Gasteiger partial charge in [-0.05, 0) is 72.5 Å². The first-order chi connectivity index (χ1) is 11.4. The summed E-state index contributed by atoms with van der Waals surface area (Å²) >= 11 is 0. The van der Waals surface area contributed by atoms with Gasteiger partial charge in [0.05, 0.1) is 0 Å². The summed E-state index contributed by atoms with van der Waals surface area (Å²) in [6, 6.07) is 0. The lowest BCUT2D eigenvalue weighted by atomic mass is 9.65. The summed E-state index contributed by atoms with van der Waals surface area (Å²) in [6.07, 6.45) is 13.1. The first kappa shape index (κ1) is 20.3. The predicted molar refractivity (Wildman–Crippen MR) is 108 cm³/mol. The number of rotatable bonds is 8. The Morgan fingerprint density at radius 2 is 1.58 bits per heavy atom. The quantitative estimate of drug-likeness (QED) is 0.422. The third kappa shape index (κ3) is 4.21. The highest BCUT2D eigenvalue weighted by molar-refractivity contribution is 4.96. The van der Waals surface area contributed by atoms with E-state index in [1.807, 2.05) is 0 Å². The van der Waals surface area contributed by atoms with E-state index in [2.05, 4.69) is 48.5 Å². The van der Waals surface area contributed by atoms with Crippen molar-refractivity contribution in [1.82, 2.24) is 0 Å². The van der Waals surface area contributed by atoms with Crippen molar-refractivity contribution in [2.24, 2.45) is 46.8 Å². The number of hydrogen-bond donors (Lipinski definition) is 0. The van der Waals surface area contributed by atoms with Gasteiger partial charge in [-0.15, -0.1) is 0 Å². The summed E-state index contributed by atoms with van der Waals surface area (Å²) in [5, 5.41) is 0. The molecule has 0 heterocycles. The van der Waals surface area contributed by atoms with Gasteiger partial charge in [0.15, 0.2) is 0 Å². The predicted octanol–water partition coefficient (Wildman–Crippen LogP) is 7.96. The average molecular weight is 335 g/mol. The Morgan fingerprint density at radius 3 is 2.12 bits per heavy atom. The van der Waals surface area contributed by atoms with Gasteiger partial charge in [-0.1, -0.05) is 80.6 Å². The van der Waals surface area contributed by atoms with Crippen LogP contribution in [0.1, 0.15) is 106 Å². The first-order valence-corrected chi connectivity index (χ1v) is 11.4. The molecule has 0 nitrogen and oxygen atoms in total. The molecule has 0 amide bonds. The molecule has 7 atom stereocenters. The van der Waals surface area contributed by atoms with Crippen LogP contribution in [-0.2, 0) is 0 Å². The highest BCUT2D eigenvalue weighted by Gasteiger charge is 2.46. The van der Waals surface area contributed by atoms with Crippen molar-refractivity contribution >= 4 is 0 Å². The molecular weight excluding hydrogens is 288 g/mol. The maximum Gasteiger partial charge on any atom is -0.0320 e. The molecule has 7 unspecified atom stereocenters. The van der Waals surface area contributed by atoms with Gasteiger partial charge in [-0.25, -0.2) is 0 Å². The molecule has 0 aromatic rings. The zero-order chi connectivity index (χ0) is 17.9. The molecule has 24 heavy (non-hydrogen) atoms. The van der Waals surface area contributed by atoms with Gasteiger partial charge >= 0.3 is 0 Å². The minimum absolute atomic E-state index is 0.537. The first-order valence-electron chi connectivity index (χ1n) is 11.4. The van der Waals surface area contributed by atoms with E-state index in [-0.39, 0.29) is 0 Å². The molecule has 0 radical (unpaired) electrons. The third-order valence-corrected chi connectivity index (χ3v) is 8.48. The molecule has 0 saturated heterocycles. The fraction of sp³-hybridized carbons (Fsp3) is 1.00. The SMILES string of the molecule is CCCCC1CC(C)C(CC(C)(C)C2CCC(CC)C2C)C1CC. The highest BCUT2D eigenvalue weighted by atomic mass is 14.5. The fourth-order valence-corrected chi connectivity index (χ4v) is 7.07. The minimum Gasteiger partial charge on any atom is -0.0654 e. The molecule has 142 valence electrons. The normalized spacial score (nSPS) is 40.4. The van der Waals surface area contributed by atoms with E-state index in [0.717, 1.165) is 41.4 Å². The van der Waals surface area contributed by atoms with Gasteiger partial charge in [0.2, 0.25) is 0 Å². The van der Waals surface area contributed by atoms with Crippen molar-refractivity contribution in [3.8, 4) is 0 Å². The second kappa shape index (κ2) is 8.59. The molecule has 2 aliphatic rings. The Kier molecular flexibility index (Phi) is 7.27. The molecule has 0 heteroatoms. The molecule has 2 fully saturated rings. The summed E-state index contributed by atoms with van der Waals surface area (Å²) < 4.78 is 0. The molecule has 0 aromatic carbocycles. The summed E-state index contributed by atoms with van der Waals surface area (Å²) in [5.41, 5.74) is 0.537. The fourth-order valence-electron chi connectivity index (χ4n) is 7.07. The van der Waals surface area contributed by atoms with E-state index in [0.29, 0.717) is 5.41 Å². The van der Waals surface area contributed by atoms with Gasteiger partial charge in [0.1, 0.15) is 0 Å². The third-order valence-electron chi connectivity index (χ3n) is 8.48. The molecule has 2 saturated carbocycles. The molecule has 0 bridgehead atoms. The monoisotopic (exact) mass is 334 g/mol. The van der Waals surface area contributed by atoms with Crippen LogP contribution in [0.15, 0.2) is 0 Å². The summed E-state index contributed by atoms with van der Waals surface area (Å²) in [5.74, 6) is 6.86. The second-order valence-corrected chi connectivity index (χ2v) is 10.3. The van der Waals surface area contributed by atoms with Crippen LogP contribution in [0, 0.1) is 46.8 Å². The van der Waals surface area contributed by atoms with Crippen LogP contribution < -0.4 is 0 Å². The van der Waals surface area contributed by atoms with Crippen LogP contribution in [0.2, 0.25) is 0 Å². The van der Waals surface area contributed by atoms with Crippen LogP contribution in [0.5, 0.6) is 0 Å². The van der Waals surface area contributed by atoms with E-state index in [1.165, 1.54) is 57.8 Å². The van der Waals surface area contributed by atoms with Crippen molar-refractivity contribution in [2.75, 3.05) is 0 Å². The lowest BCUT2D eigenvalue weighted by molar-refractivity contribution is 0.0908. The van der Waals surface area contributed by atoms with Crippen molar-refractivity contribution in [3.05, 3.63) is 0 Å². The minimum atomic E-state index is 0.537. The van der Waals surface area contributed by atoms with E-state index >= 15 is 0 Å².